The normalized spacial score (nSPS) is 14.7. The monoisotopic (exact) mass is 193 g/mol. The maximum absolute atomic E-state index is 11.4. The number of rotatable bonds is 4. The molecule has 0 aliphatic heterocycles. The van der Waals surface area contributed by atoms with E-state index >= 15 is 0 Å². The number of aromatic nitrogens is 1. The maximum atomic E-state index is 11.4. The fraction of sp³-hybridized carbons (Fsp3) is 0.400. The predicted molar refractivity (Wildman–Crippen MR) is 54.5 cm³/mol. The van der Waals surface area contributed by atoms with Crippen molar-refractivity contribution in [1.82, 2.24) is 10.3 Å². The predicted octanol–water partition coefficient (Wildman–Crippen LogP) is 0.392. The number of amides is 1. The van der Waals surface area contributed by atoms with Crippen LogP contribution in [0, 0.1) is 0 Å². The Morgan fingerprint density at radius 2 is 2.14 bits per heavy atom. The second-order valence-corrected chi connectivity index (χ2v) is 3.26. The quantitative estimate of drug-likeness (QED) is 0.727. The molecule has 14 heavy (non-hydrogen) atoms. The largest absolute Gasteiger partial charge is 0.368 e. The van der Waals surface area contributed by atoms with E-state index in [9.17, 15) is 4.79 Å². The summed E-state index contributed by atoms with van der Waals surface area (Å²) in [6.07, 6.45) is 3.29. The average molecular weight is 193 g/mol. The molecule has 1 aromatic heterocycles. The molecule has 0 fully saturated rings. The lowest BCUT2D eigenvalue weighted by atomic mass is 9.92. The smallest absolute Gasteiger partial charge is 0.242 e. The Morgan fingerprint density at radius 3 is 2.57 bits per heavy atom. The molecule has 3 N–H and O–H groups in total. The van der Waals surface area contributed by atoms with Gasteiger partial charge in [-0.15, -0.1) is 0 Å². The van der Waals surface area contributed by atoms with Gasteiger partial charge in [0.05, 0.1) is 0 Å². The number of carbonyl (C=O) groups excluding carboxylic acids is 1. The second-order valence-electron chi connectivity index (χ2n) is 3.26. The third-order valence-electron chi connectivity index (χ3n) is 2.28. The number of likely N-dealkylation sites (N-methyl/N-ethyl adjacent to an activating group) is 1. The molecule has 0 saturated heterocycles. The summed E-state index contributed by atoms with van der Waals surface area (Å²) >= 11 is 0. The number of nitrogens with zero attached hydrogens (tertiary/aromatic N) is 1. The van der Waals surface area contributed by atoms with E-state index in [4.69, 9.17) is 5.73 Å². The van der Waals surface area contributed by atoms with E-state index in [1.54, 1.807) is 31.5 Å². The number of primary amides is 1. The zero-order chi connectivity index (χ0) is 10.6. The standard InChI is InChI=1S/C10H15N3O/c1-3-13-10(2,9(11)14)8-4-6-12-7-5-8/h4-7,13H,3H2,1-2H3,(H2,11,14). The van der Waals surface area contributed by atoms with E-state index in [1.165, 1.54) is 0 Å². The summed E-state index contributed by atoms with van der Waals surface area (Å²) in [4.78, 5) is 15.2. The van der Waals surface area contributed by atoms with Crippen LogP contribution in [0.15, 0.2) is 24.5 Å². The molecular formula is C10H15N3O. The van der Waals surface area contributed by atoms with Crippen molar-refractivity contribution in [2.75, 3.05) is 6.54 Å². The molecule has 0 saturated carbocycles. The van der Waals surface area contributed by atoms with Gasteiger partial charge in [-0.3, -0.25) is 9.78 Å². The zero-order valence-electron chi connectivity index (χ0n) is 8.45. The van der Waals surface area contributed by atoms with E-state index in [2.05, 4.69) is 10.3 Å². The summed E-state index contributed by atoms with van der Waals surface area (Å²) in [5.41, 5.74) is 5.39. The Morgan fingerprint density at radius 1 is 1.57 bits per heavy atom. The summed E-state index contributed by atoms with van der Waals surface area (Å²) in [7, 11) is 0. The van der Waals surface area contributed by atoms with Crippen molar-refractivity contribution in [1.29, 1.82) is 0 Å². The third kappa shape index (κ3) is 1.90. The molecule has 0 radical (unpaired) electrons. The van der Waals surface area contributed by atoms with Gasteiger partial charge in [-0.25, -0.2) is 0 Å². The third-order valence-corrected chi connectivity index (χ3v) is 2.28. The van der Waals surface area contributed by atoms with Gasteiger partial charge in [0.1, 0.15) is 5.54 Å². The number of hydrogen-bond acceptors (Lipinski definition) is 3. The van der Waals surface area contributed by atoms with E-state index < -0.39 is 5.54 Å². The molecule has 0 aromatic carbocycles. The number of pyridine rings is 1. The highest BCUT2D eigenvalue weighted by Crippen LogP contribution is 2.18. The minimum Gasteiger partial charge on any atom is -0.368 e. The number of nitrogens with one attached hydrogen (secondary N) is 1. The molecule has 1 atom stereocenters. The van der Waals surface area contributed by atoms with Crippen LogP contribution in [-0.2, 0) is 10.3 Å². The first kappa shape index (κ1) is 10.7. The lowest BCUT2D eigenvalue weighted by Crippen LogP contribution is -2.50. The summed E-state index contributed by atoms with van der Waals surface area (Å²) < 4.78 is 0. The van der Waals surface area contributed by atoms with Gasteiger partial charge in [0.25, 0.3) is 0 Å². The molecular weight excluding hydrogens is 178 g/mol. The zero-order valence-corrected chi connectivity index (χ0v) is 8.45. The molecule has 0 aliphatic rings. The first-order chi connectivity index (χ1) is 6.61. The van der Waals surface area contributed by atoms with Crippen LogP contribution >= 0.6 is 0 Å². The van der Waals surface area contributed by atoms with E-state index in [-0.39, 0.29) is 5.91 Å². The van der Waals surface area contributed by atoms with Crippen molar-refractivity contribution in [3.63, 3.8) is 0 Å². The van der Waals surface area contributed by atoms with Gasteiger partial charge in [-0.1, -0.05) is 6.92 Å². The minimum atomic E-state index is -0.808. The van der Waals surface area contributed by atoms with Gasteiger partial charge < -0.3 is 11.1 Å². The van der Waals surface area contributed by atoms with Crippen molar-refractivity contribution in [2.45, 2.75) is 19.4 Å². The highest BCUT2D eigenvalue weighted by atomic mass is 16.1. The SMILES string of the molecule is CCNC(C)(C(N)=O)c1ccncc1. The summed E-state index contributed by atoms with van der Waals surface area (Å²) in [6, 6.07) is 3.57. The Labute approximate surface area is 83.5 Å². The minimum absolute atomic E-state index is 0.384. The van der Waals surface area contributed by atoms with Gasteiger partial charge in [0.2, 0.25) is 5.91 Å². The van der Waals surface area contributed by atoms with Crippen molar-refractivity contribution < 1.29 is 4.79 Å². The van der Waals surface area contributed by atoms with E-state index in [0.717, 1.165) is 5.56 Å². The van der Waals surface area contributed by atoms with Crippen LogP contribution in [0.4, 0.5) is 0 Å². The second kappa shape index (κ2) is 4.19. The van der Waals surface area contributed by atoms with Crippen LogP contribution < -0.4 is 11.1 Å². The van der Waals surface area contributed by atoms with Crippen LogP contribution in [0.25, 0.3) is 0 Å². The van der Waals surface area contributed by atoms with Crippen molar-refractivity contribution in [2.24, 2.45) is 5.73 Å². The van der Waals surface area contributed by atoms with Crippen LogP contribution in [0.2, 0.25) is 0 Å². The number of hydrogen-bond donors (Lipinski definition) is 2. The van der Waals surface area contributed by atoms with Gasteiger partial charge in [0, 0.05) is 12.4 Å². The maximum Gasteiger partial charge on any atom is 0.242 e. The first-order valence-corrected chi connectivity index (χ1v) is 4.56. The Hall–Kier alpha value is -1.42. The van der Waals surface area contributed by atoms with Crippen molar-refractivity contribution >= 4 is 5.91 Å². The summed E-state index contributed by atoms with van der Waals surface area (Å²) in [5.74, 6) is -0.384. The molecule has 76 valence electrons. The first-order valence-electron chi connectivity index (χ1n) is 4.56. The van der Waals surface area contributed by atoms with E-state index in [0.29, 0.717) is 6.54 Å². The van der Waals surface area contributed by atoms with E-state index in [1.807, 2.05) is 6.92 Å². The lowest BCUT2D eigenvalue weighted by Gasteiger charge is -2.27. The Balaban J connectivity index is 3.06. The summed E-state index contributed by atoms with van der Waals surface area (Å²) in [6.45, 7) is 4.39. The summed E-state index contributed by atoms with van der Waals surface area (Å²) in [5, 5.41) is 3.07. The molecule has 0 spiro atoms. The fourth-order valence-electron chi connectivity index (χ4n) is 1.37. The molecule has 1 heterocycles. The Kier molecular flexibility index (Phi) is 3.19. The molecule has 0 bridgehead atoms. The van der Waals surface area contributed by atoms with Crippen molar-refractivity contribution in [3.05, 3.63) is 30.1 Å². The molecule has 4 nitrogen and oxygen atoms in total. The van der Waals surface area contributed by atoms with Crippen LogP contribution in [0.3, 0.4) is 0 Å². The van der Waals surface area contributed by atoms with Gasteiger partial charge in [-0.2, -0.15) is 0 Å². The van der Waals surface area contributed by atoms with Crippen LogP contribution in [0.1, 0.15) is 19.4 Å². The highest BCUT2D eigenvalue weighted by Gasteiger charge is 2.31. The topological polar surface area (TPSA) is 68.0 Å². The van der Waals surface area contributed by atoms with Crippen LogP contribution in [0.5, 0.6) is 0 Å². The Bertz CT molecular complexity index is 312. The van der Waals surface area contributed by atoms with Gasteiger partial charge >= 0.3 is 0 Å². The van der Waals surface area contributed by atoms with Crippen LogP contribution in [-0.4, -0.2) is 17.4 Å². The van der Waals surface area contributed by atoms with Gasteiger partial charge in [-0.05, 0) is 31.2 Å². The van der Waals surface area contributed by atoms with Gasteiger partial charge in [0.15, 0.2) is 0 Å². The molecule has 1 aromatic rings. The number of nitrogens with two attached hydrogens (primary N) is 1. The molecule has 1 unspecified atom stereocenters. The molecule has 1 rings (SSSR count). The molecule has 0 aliphatic carbocycles. The fourth-order valence-corrected chi connectivity index (χ4v) is 1.37. The van der Waals surface area contributed by atoms with Crippen molar-refractivity contribution in [3.8, 4) is 0 Å². The highest BCUT2D eigenvalue weighted by molar-refractivity contribution is 5.85. The molecule has 1 amide bonds. The average Bonchev–Trinajstić information content (AvgIpc) is 2.19. The molecule has 4 heteroatoms. The number of carbonyl (C=O) groups is 1. The lowest BCUT2D eigenvalue weighted by molar-refractivity contribution is -0.124.